The van der Waals surface area contributed by atoms with Crippen molar-refractivity contribution in [2.75, 3.05) is 7.11 Å². The van der Waals surface area contributed by atoms with E-state index in [1.807, 2.05) is 22.9 Å². The van der Waals surface area contributed by atoms with Crippen LogP contribution in [-0.2, 0) is 4.74 Å². The van der Waals surface area contributed by atoms with Crippen LogP contribution in [0.4, 0.5) is 0 Å². The summed E-state index contributed by atoms with van der Waals surface area (Å²) in [6.45, 7) is 1.73. The number of aromatic amines is 1. The van der Waals surface area contributed by atoms with Crippen LogP contribution in [0.25, 0.3) is 22.4 Å². The summed E-state index contributed by atoms with van der Waals surface area (Å²) in [4.78, 5) is 32.0. The highest BCUT2D eigenvalue weighted by molar-refractivity contribution is 7.20. The van der Waals surface area contributed by atoms with Gasteiger partial charge in [-0.05, 0) is 41.0 Å². The quantitative estimate of drug-likeness (QED) is 0.747. The van der Waals surface area contributed by atoms with Gasteiger partial charge in [0.1, 0.15) is 15.5 Å². The lowest BCUT2D eigenvalue weighted by atomic mass is 10.2. The van der Waals surface area contributed by atoms with Gasteiger partial charge in [0.05, 0.1) is 12.5 Å². The van der Waals surface area contributed by atoms with E-state index in [9.17, 15) is 9.59 Å². The fraction of sp³-hybridized carbons (Fsp3) is 0.133. The molecule has 3 aromatic rings. The van der Waals surface area contributed by atoms with Crippen LogP contribution >= 0.6 is 22.7 Å². The van der Waals surface area contributed by atoms with Gasteiger partial charge in [-0.15, -0.1) is 11.3 Å². The van der Waals surface area contributed by atoms with Crippen LogP contribution in [0.1, 0.15) is 26.6 Å². The van der Waals surface area contributed by atoms with E-state index < -0.39 is 5.97 Å². The minimum Gasteiger partial charge on any atom is -0.465 e. The monoisotopic (exact) mass is 332 g/mol. The van der Waals surface area contributed by atoms with Gasteiger partial charge in [0, 0.05) is 0 Å². The third kappa shape index (κ3) is 2.60. The highest BCUT2D eigenvalue weighted by Crippen LogP contribution is 2.27. The van der Waals surface area contributed by atoms with Crippen molar-refractivity contribution in [3.63, 3.8) is 0 Å². The molecule has 7 heteroatoms. The molecular weight excluding hydrogens is 320 g/mol. The molecule has 0 unspecified atom stereocenters. The summed E-state index contributed by atoms with van der Waals surface area (Å²) in [5, 5.41) is 4.42. The van der Waals surface area contributed by atoms with Gasteiger partial charge < -0.3 is 9.72 Å². The van der Waals surface area contributed by atoms with Gasteiger partial charge >= 0.3 is 5.97 Å². The van der Waals surface area contributed by atoms with Gasteiger partial charge in [-0.3, -0.25) is 4.79 Å². The number of methoxy groups -OCH3 is 1. The van der Waals surface area contributed by atoms with E-state index in [0.717, 1.165) is 5.56 Å². The van der Waals surface area contributed by atoms with E-state index in [1.165, 1.54) is 18.4 Å². The zero-order valence-electron chi connectivity index (χ0n) is 11.9. The SMILES string of the molecule is COC(=O)c1sc2nc(/C=C/c3ccsc3)[nH]c(=O)c2c1C. The maximum Gasteiger partial charge on any atom is 0.348 e. The summed E-state index contributed by atoms with van der Waals surface area (Å²) in [6.07, 6.45) is 3.62. The summed E-state index contributed by atoms with van der Waals surface area (Å²) >= 11 is 2.77. The Morgan fingerprint density at radius 2 is 2.23 bits per heavy atom. The largest absolute Gasteiger partial charge is 0.465 e. The number of fused-ring (bicyclic) bond motifs is 1. The standard InChI is InChI=1S/C15H12N2O3S2/c1-8-11-13(18)16-10(4-3-9-5-6-21-7-9)17-14(11)22-12(8)15(19)20-2/h3-7H,1-2H3,(H,16,17,18)/b4-3+. The molecule has 0 aliphatic heterocycles. The number of rotatable bonds is 3. The van der Waals surface area contributed by atoms with Crippen molar-refractivity contribution in [1.82, 2.24) is 9.97 Å². The lowest BCUT2D eigenvalue weighted by molar-refractivity contribution is 0.0605. The van der Waals surface area contributed by atoms with Crippen molar-refractivity contribution in [1.29, 1.82) is 0 Å². The van der Waals surface area contributed by atoms with E-state index in [0.29, 0.717) is 26.5 Å². The van der Waals surface area contributed by atoms with Crippen LogP contribution in [0.5, 0.6) is 0 Å². The molecule has 0 aliphatic rings. The molecule has 3 aromatic heterocycles. The molecule has 5 nitrogen and oxygen atoms in total. The first-order valence-corrected chi connectivity index (χ1v) is 8.18. The van der Waals surface area contributed by atoms with Gasteiger partial charge in [-0.25, -0.2) is 9.78 Å². The zero-order valence-corrected chi connectivity index (χ0v) is 13.5. The average molecular weight is 332 g/mol. The van der Waals surface area contributed by atoms with E-state index in [2.05, 4.69) is 9.97 Å². The number of hydrogen-bond donors (Lipinski definition) is 1. The molecule has 3 rings (SSSR count). The first-order chi connectivity index (χ1) is 10.6. The molecule has 3 heterocycles. The third-order valence-corrected chi connectivity index (χ3v) is 5.03. The minimum atomic E-state index is -0.449. The highest BCUT2D eigenvalue weighted by Gasteiger charge is 2.19. The number of thiophene rings is 2. The number of ether oxygens (including phenoxy) is 1. The second-order valence-electron chi connectivity index (χ2n) is 4.57. The molecule has 0 atom stereocenters. The van der Waals surface area contributed by atoms with Gasteiger partial charge in [0.2, 0.25) is 0 Å². The first-order valence-electron chi connectivity index (χ1n) is 6.42. The third-order valence-electron chi connectivity index (χ3n) is 3.17. The molecule has 0 fully saturated rings. The van der Waals surface area contributed by atoms with E-state index in [1.54, 1.807) is 24.3 Å². The van der Waals surface area contributed by atoms with Gasteiger partial charge in [-0.1, -0.05) is 6.08 Å². The molecule has 0 spiro atoms. The average Bonchev–Trinajstić information content (AvgIpc) is 3.12. The highest BCUT2D eigenvalue weighted by atomic mass is 32.1. The molecule has 22 heavy (non-hydrogen) atoms. The Morgan fingerprint density at radius 1 is 1.41 bits per heavy atom. The normalized spacial score (nSPS) is 11.4. The summed E-state index contributed by atoms with van der Waals surface area (Å²) < 4.78 is 4.73. The molecule has 0 saturated heterocycles. The number of nitrogens with zero attached hydrogens (tertiary/aromatic N) is 1. The van der Waals surface area contributed by atoms with Crippen LogP contribution in [0.2, 0.25) is 0 Å². The van der Waals surface area contributed by atoms with Crippen LogP contribution < -0.4 is 5.56 Å². The van der Waals surface area contributed by atoms with E-state index >= 15 is 0 Å². The lowest BCUT2D eigenvalue weighted by Gasteiger charge is -1.96. The Labute approximate surface area is 133 Å². The molecule has 0 saturated carbocycles. The predicted octanol–water partition coefficient (Wildman–Crippen LogP) is 3.31. The van der Waals surface area contributed by atoms with Gasteiger partial charge in [0.25, 0.3) is 5.56 Å². The number of aromatic nitrogens is 2. The van der Waals surface area contributed by atoms with E-state index in [-0.39, 0.29) is 5.56 Å². The summed E-state index contributed by atoms with van der Waals surface area (Å²) in [5.74, 6) is 0.0108. The number of nitrogens with one attached hydrogen (secondary N) is 1. The molecular formula is C15H12N2O3S2. The Bertz CT molecular complexity index is 920. The molecule has 1 N–H and O–H groups in total. The van der Waals surface area contributed by atoms with Crippen molar-refractivity contribution in [3.05, 3.63) is 49.0 Å². The maximum absolute atomic E-state index is 12.2. The lowest BCUT2D eigenvalue weighted by Crippen LogP contribution is -2.09. The van der Waals surface area contributed by atoms with Crippen LogP contribution in [0.3, 0.4) is 0 Å². The number of aryl methyl sites for hydroxylation is 1. The Hall–Kier alpha value is -2.25. The van der Waals surface area contributed by atoms with Gasteiger partial charge in [-0.2, -0.15) is 11.3 Å². The summed E-state index contributed by atoms with van der Waals surface area (Å²) in [5.41, 5.74) is 1.40. The molecule has 0 aromatic carbocycles. The van der Waals surface area contributed by atoms with Crippen molar-refractivity contribution in [3.8, 4) is 0 Å². The second kappa shape index (κ2) is 5.86. The molecule has 112 valence electrons. The van der Waals surface area contributed by atoms with Crippen molar-refractivity contribution in [2.45, 2.75) is 6.92 Å². The number of hydrogen-bond acceptors (Lipinski definition) is 6. The minimum absolute atomic E-state index is 0.251. The van der Waals surface area contributed by atoms with Crippen molar-refractivity contribution >= 4 is 51.0 Å². The molecule has 0 aliphatic carbocycles. The van der Waals surface area contributed by atoms with E-state index in [4.69, 9.17) is 4.74 Å². The molecule has 0 amide bonds. The number of carbonyl (C=O) groups is 1. The van der Waals surface area contributed by atoms with Crippen molar-refractivity contribution < 1.29 is 9.53 Å². The van der Waals surface area contributed by atoms with Crippen LogP contribution in [0, 0.1) is 6.92 Å². The maximum atomic E-state index is 12.2. The zero-order chi connectivity index (χ0) is 15.7. The second-order valence-corrected chi connectivity index (χ2v) is 6.35. The number of esters is 1. The first kappa shape index (κ1) is 14.7. The summed E-state index contributed by atoms with van der Waals surface area (Å²) in [7, 11) is 1.32. The molecule has 0 radical (unpaired) electrons. The Kier molecular flexibility index (Phi) is 3.91. The predicted molar refractivity (Wildman–Crippen MR) is 89.6 cm³/mol. The van der Waals surface area contributed by atoms with Crippen molar-refractivity contribution in [2.24, 2.45) is 0 Å². The fourth-order valence-electron chi connectivity index (χ4n) is 2.07. The smallest absolute Gasteiger partial charge is 0.348 e. The Morgan fingerprint density at radius 3 is 2.91 bits per heavy atom. The fourth-order valence-corrected chi connectivity index (χ4v) is 3.81. The molecule has 0 bridgehead atoms. The number of H-pyrrole nitrogens is 1. The van der Waals surface area contributed by atoms with Gasteiger partial charge in [0.15, 0.2) is 0 Å². The van der Waals surface area contributed by atoms with Crippen LogP contribution in [0.15, 0.2) is 21.6 Å². The number of carbonyl (C=O) groups excluding carboxylic acids is 1. The van der Waals surface area contributed by atoms with Crippen LogP contribution in [-0.4, -0.2) is 23.0 Å². The summed E-state index contributed by atoms with van der Waals surface area (Å²) in [6, 6.07) is 1.97. The Balaban J connectivity index is 2.09. The topological polar surface area (TPSA) is 72.0 Å².